The first-order valence-electron chi connectivity index (χ1n) is 3.05. The molecular formula is C5H9NO5. The largest absolute Gasteiger partial charge is 0.466 e. The van der Waals surface area contributed by atoms with Gasteiger partial charge >= 0.3 is 12.2 Å². The molecule has 0 saturated heterocycles. The van der Waals surface area contributed by atoms with Gasteiger partial charge in [0, 0.05) is 0 Å². The zero-order valence-corrected chi connectivity index (χ0v) is 6.02. The van der Waals surface area contributed by atoms with E-state index >= 15 is 0 Å². The van der Waals surface area contributed by atoms with Crippen LogP contribution in [0.1, 0.15) is 13.3 Å². The molecule has 64 valence electrons. The highest BCUT2D eigenvalue weighted by Gasteiger charge is 2.20. The molecule has 0 radical (unpaired) electrons. The summed E-state index contributed by atoms with van der Waals surface area (Å²) in [6, 6.07) is 0. The van der Waals surface area contributed by atoms with Crippen LogP contribution in [0.5, 0.6) is 0 Å². The lowest BCUT2D eigenvalue weighted by molar-refractivity contribution is -0.569. The number of aliphatic hydroxyl groups is 1. The molecule has 1 unspecified atom stereocenters. The standard InChI is InChI=1S/C5H9NO5/c1-2-11-5(8)3-4(7)6(9)10/h4,7H,2-3H2,1H3. The van der Waals surface area contributed by atoms with Crippen molar-refractivity contribution in [1.82, 2.24) is 0 Å². The maximum atomic E-state index is 10.5. The lowest BCUT2D eigenvalue weighted by Crippen LogP contribution is -2.23. The van der Waals surface area contributed by atoms with Gasteiger partial charge < -0.3 is 9.84 Å². The van der Waals surface area contributed by atoms with E-state index in [1.807, 2.05) is 0 Å². The van der Waals surface area contributed by atoms with E-state index in [-0.39, 0.29) is 6.61 Å². The van der Waals surface area contributed by atoms with Gasteiger partial charge in [0.15, 0.2) is 0 Å². The van der Waals surface area contributed by atoms with Crippen molar-refractivity contribution in [2.24, 2.45) is 0 Å². The zero-order chi connectivity index (χ0) is 8.85. The number of nitro groups is 1. The van der Waals surface area contributed by atoms with E-state index in [0.29, 0.717) is 0 Å². The Morgan fingerprint density at radius 2 is 2.36 bits per heavy atom. The van der Waals surface area contributed by atoms with E-state index < -0.39 is 23.5 Å². The van der Waals surface area contributed by atoms with Crippen LogP contribution in [-0.4, -0.2) is 28.8 Å². The summed E-state index contributed by atoms with van der Waals surface area (Å²) >= 11 is 0. The van der Waals surface area contributed by atoms with Crippen LogP contribution in [0.25, 0.3) is 0 Å². The average Bonchev–Trinajstić information content (AvgIpc) is 1.87. The van der Waals surface area contributed by atoms with Crippen molar-refractivity contribution >= 4 is 5.97 Å². The minimum atomic E-state index is -1.85. The molecule has 0 rings (SSSR count). The topological polar surface area (TPSA) is 89.7 Å². The molecule has 0 aromatic heterocycles. The van der Waals surface area contributed by atoms with Gasteiger partial charge in [0.05, 0.1) is 11.5 Å². The molecule has 0 heterocycles. The fraction of sp³-hybridized carbons (Fsp3) is 0.800. The van der Waals surface area contributed by atoms with Gasteiger partial charge in [-0.15, -0.1) is 0 Å². The van der Waals surface area contributed by atoms with Gasteiger partial charge in [-0.05, 0) is 6.92 Å². The molecule has 0 bridgehead atoms. The van der Waals surface area contributed by atoms with Crippen LogP contribution in [0.4, 0.5) is 0 Å². The van der Waals surface area contributed by atoms with E-state index in [0.717, 1.165) is 0 Å². The van der Waals surface area contributed by atoms with Gasteiger partial charge in [-0.2, -0.15) is 0 Å². The number of aliphatic hydroxyl groups excluding tert-OH is 1. The fourth-order valence-corrected chi connectivity index (χ4v) is 0.444. The molecule has 0 aliphatic rings. The predicted molar refractivity (Wildman–Crippen MR) is 34.3 cm³/mol. The highest BCUT2D eigenvalue weighted by atomic mass is 16.7. The highest BCUT2D eigenvalue weighted by molar-refractivity contribution is 5.69. The van der Waals surface area contributed by atoms with Gasteiger partial charge in [0.1, 0.15) is 6.42 Å². The monoisotopic (exact) mass is 163 g/mol. The van der Waals surface area contributed by atoms with E-state index in [1.54, 1.807) is 6.92 Å². The first-order chi connectivity index (χ1) is 5.07. The van der Waals surface area contributed by atoms with Gasteiger partial charge in [0.2, 0.25) is 0 Å². The SMILES string of the molecule is CCOC(=O)CC(O)[N+](=O)[O-]. The van der Waals surface area contributed by atoms with Crippen molar-refractivity contribution in [3.8, 4) is 0 Å². The van der Waals surface area contributed by atoms with Crippen molar-refractivity contribution in [1.29, 1.82) is 0 Å². The summed E-state index contributed by atoms with van der Waals surface area (Å²) in [5.74, 6) is -0.767. The molecule has 0 fully saturated rings. The number of nitrogens with zero attached hydrogens (tertiary/aromatic N) is 1. The van der Waals surface area contributed by atoms with Gasteiger partial charge in [-0.3, -0.25) is 14.9 Å². The van der Waals surface area contributed by atoms with Crippen molar-refractivity contribution in [2.75, 3.05) is 6.61 Å². The first-order valence-corrected chi connectivity index (χ1v) is 3.05. The first kappa shape index (κ1) is 9.83. The van der Waals surface area contributed by atoms with Gasteiger partial charge in [-0.25, -0.2) is 0 Å². The molecule has 0 aliphatic carbocycles. The smallest absolute Gasteiger partial charge is 0.323 e. The molecule has 6 heteroatoms. The second-order valence-corrected chi connectivity index (χ2v) is 1.78. The van der Waals surface area contributed by atoms with Crippen LogP contribution in [0.2, 0.25) is 0 Å². The van der Waals surface area contributed by atoms with Crippen molar-refractivity contribution < 1.29 is 19.6 Å². The van der Waals surface area contributed by atoms with E-state index in [4.69, 9.17) is 5.11 Å². The number of ether oxygens (including phenoxy) is 1. The summed E-state index contributed by atoms with van der Waals surface area (Å²) < 4.78 is 4.36. The van der Waals surface area contributed by atoms with Crippen LogP contribution in [0.15, 0.2) is 0 Å². The number of rotatable bonds is 4. The number of hydrogen-bond acceptors (Lipinski definition) is 5. The second kappa shape index (κ2) is 4.62. The van der Waals surface area contributed by atoms with Gasteiger partial charge in [0.25, 0.3) is 0 Å². The van der Waals surface area contributed by atoms with E-state index in [2.05, 4.69) is 4.74 Å². The van der Waals surface area contributed by atoms with Crippen LogP contribution in [-0.2, 0) is 9.53 Å². The van der Waals surface area contributed by atoms with Gasteiger partial charge in [-0.1, -0.05) is 0 Å². The number of carbonyl (C=O) groups excluding carboxylic acids is 1. The number of carbonyl (C=O) groups is 1. The zero-order valence-electron chi connectivity index (χ0n) is 6.02. The summed E-state index contributed by atoms with van der Waals surface area (Å²) in [4.78, 5) is 19.3. The van der Waals surface area contributed by atoms with Crippen molar-refractivity contribution in [3.63, 3.8) is 0 Å². The maximum absolute atomic E-state index is 10.5. The van der Waals surface area contributed by atoms with Crippen molar-refractivity contribution in [2.45, 2.75) is 19.6 Å². The third kappa shape index (κ3) is 4.26. The summed E-state index contributed by atoms with van der Waals surface area (Å²) in [6.07, 6.45) is -2.45. The minimum absolute atomic E-state index is 0.156. The molecule has 11 heavy (non-hydrogen) atoms. The Kier molecular flexibility index (Phi) is 4.12. The average molecular weight is 163 g/mol. The Morgan fingerprint density at radius 1 is 1.82 bits per heavy atom. The summed E-state index contributed by atoms with van der Waals surface area (Å²) in [7, 11) is 0. The molecule has 0 aliphatic heterocycles. The molecule has 0 aromatic rings. The van der Waals surface area contributed by atoms with Crippen molar-refractivity contribution in [3.05, 3.63) is 10.1 Å². The third-order valence-corrected chi connectivity index (χ3v) is 0.898. The fourth-order valence-electron chi connectivity index (χ4n) is 0.444. The molecular weight excluding hydrogens is 154 g/mol. The van der Waals surface area contributed by atoms with E-state index in [9.17, 15) is 14.9 Å². The summed E-state index contributed by atoms with van der Waals surface area (Å²) in [5, 5.41) is 18.3. The highest BCUT2D eigenvalue weighted by Crippen LogP contribution is 1.94. The Morgan fingerprint density at radius 3 is 2.73 bits per heavy atom. The third-order valence-electron chi connectivity index (χ3n) is 0.898. The number of hydrogen-bond donors (Lipinski definition) is 1. The predicted octanol–water partition coefficient (Wildman–Crippen LogP) is -0.465. The molecule has 1 atom stereocenters. The minimum Gasteiger partial charge on any atom is -0.466 e. The van der Waals surface area contributed by atoms with Crippen LogP contribution >= 0.6 is 0 Å². The maximum Gasteiger partial charge on any atom is 0.323 e. The quantitative estimate of drug-likeness (QED) is 0.262. The lowest BCUT2D eigenvalue weighted by Gasteiger charge is -2.01. The van der Waals surface area contributed by atoms with E-state index in [1.165, 1.54) is 0 Å². The molecule has 0 amide bonds. The molecule has 0 aromatic carbocycles. The summed E-state index contributed by atoms with van der Waals surface area (Å²) in [5.41, 5.74) is 0. The Labute approximate surface area is 62.9 Å². The Hall–Kier alpha value is -1.17. The molecule has 0 saturated carbocycles. The second-order valence-electron chi connectivity index (χ2n) is 1.78. The number of esters is 1. The van der Waals surface area contributed by atoms with Crippen LogP contribution in [0.3, 0.4) is 0 Å². The lowest BCUT2D eigenvalue weighted by atomic mass is 10.4. The van der Waals surface area contributed by atoms with Crippen LogP contribution in [0, 0.1) is 10.1 Å². The summed E-state index contributed by atoms with van der Waals surface area (Å²) in [6.45, 7) is 1.74. The Bertz CT molecular complexity index is 157. The Balaban J connectivity index is 3.66. The van der Waals surface area contributed by atoms with Crippen LogP contribution < -0.4 is 0 Å². The normalized spacial score (nSPS) is 12.2. The molecule has 0 spiro atoms. The molecule has 1 N–H and O–H groups in total. The molecule has 6 nitrogen and oxygen atoms in total.